The molecule has 2 saturated carbocycles. The highest BCUT2D eigenvalue weighted by Gasteiger charge is 2.45. The van der Waals surface area contributed by atoms with Crippen molar-refractivity contribution in [3.63, 3.8) is 0 Å². The lowest BCUT2D eigenvalue weighted by Gasteiger charge is -2.34. The Hall–Kier alpha value is -1.62. The summed E-state index contributed by atoms with van der Waals surface area (Å²) in [6.45, 7) is 0. The van der Waals surface area contributed by atoms with Gasteiger partial charge < -0.3 is 0 Å². The summed E-state index contributed by atoms with van der Waals surface area (Å²) < 4.78 is 0. The first-order valence-electron chi connectivity index (χ1n) is 5.77. The van der Waals surface area contributed by atoms with Crippen molar-refractivity contribution in [1.82, 2.24) is 0 Å². The van der Waals surface area contributed by atoms with Crippen LogP contribution in [-0.4, -0.2) is 5.78 Å². The molecule has 0 unspecified atom stereocenters. The van der Waals surface area contributed by atoms with Crippen LogP contribution in [0.15, 0.2) is 24.3 Å². The first kappa shape index (κ1) is 9.59. The number of carbonyl (C=O) groups is 1. The molecule has 2 fully saturated rings. The van der Waals surface area contributed by atoms with Gasteiger partial charge in [0, 0.05) is 12.8 Å². The van der Waals surface area contributed by atoms with Gasteiger partial charge in [-0.1, -0.05) is 24.3 Å². The molecule has 2 aliphatic carbocycles. The van der Waals surface area contributed by atoms with Gasteiger partial charge >= 0.3 is 0 Å². The zero-order chi connectivity index (χ0) is 11.2. The Labute approximate surface area is 94.9 Å². The molecule has 0 atom stereocenters. The molecule has 0 bridgehead atoms. The third-order valence-corrected chi connectivity index (χ3v) is 3.72. The lowest BCUT2D eigenvalue weighted by atomic mass is 9.64. The van der Waals surface area contributed by atoms with Crippen LogP contribution in [0.1, 0.15) is 42.7 Å². The number of benzene rings is 1. The Balaban J connectivity index is 1.89. The molecule has 0 heterocycles. The first-order valence-corrected chi connectivity index (χ1v) is 5.77. The molecule has 1 aromatic carbocycles. The number of hydrogen-bond acceptors (Lipinski definition) is 2. The van der Waals surface area contributed by atoms with Gasteiger partial charge in [-0.2, -0.15) is 5.26 Å². The molecule has 3 rings (SSSR count). The summed E-state index contributed by atoms with van der Waals surface area (Å²) in [7, 11) is 0. The number of rotatable bonds is 2. The summed E-state index contributed by atoms with van der Waals surface area (Å²) >= 11 is 0. The average Bonchev–Trinajstić information content (AvgIpc) is 3.09. The van der Waals surface area contributed by atoms with Crippen LogP contribution in [-0.2, 0) is 10.2 Å². The SMILES string of the molecule is N#CC1(c2ccc(C3CC3)cc2)CC(=O)C1. The van der Waals surface area contributed by atoms with E-state index >= 15 is 0 Å². The zero-order valence-electron chi connectivity index (χ0n) is 9.07. The molecule has 80 valence electrons. The maximum Gasteiger partial charge on any atom is 0.136 e. The van der Waals surface area contributed by atoms with E-state index in [-0.39, 0.29) is 5.78 Å². The van der Waals surface area contributed by atoms with Crippen LogP contribution in [0.25, 0.3) is 0 Å². The van der Waals surface area contributed by atoms with Gasteiger partial charge in [0.05, 0.1) is 11.5 Å². The standard InChI is InChI=1S/C14H13NO/c15-9-14(7-13(16)8-14)12-5-3-11(4-6-12)10-1-2-10/h3-6,10H,1-2,7-8H2. The molecule has 2 nitrogen and oxygen atoms in total. The molecule has 2 aliphatic rings. The molecule has 1 aromatic rings. The Morgan fingerprint density at radius 3 is 2.25 bits per heavy atom. The number of ketones is 1. The fourth-order valence-electron chi connectivity index (χ4n) is 2.46. The molecule has 0 radical (unpaired) electrons. The van der Waals surface area contributed by atoms with E-state index in [2.05, 4.69) is 18.2 Å². The van der Waals surface area contributed by atoms with Crippen LogP contribution in [0.4, 0.5) is 0 Å². The molecule has 16 heavy (non-hydrogen) atoms. The van der Waals surface area contributed by atoms with E-state index < -0.39 is 5.41 Å². The van der Waals surface area contributed by atoms with Crippen molar-refractivity contribution in [2.45, 2.75) is 37.0 Å². The van der Waals surface area contributed by atoms with E-state index in [1.54, 1.807) is 0 Å². The third-order valence-electron chi connectivity index (χ3n) is 3.72. The fourth-order valence-corrected chi connectivity index (χ4v) is 2.46. The smallest absolute Gasteiger partial charge is 0.136 e. The predicted octanol–water partition coefficient (Wildman–Crippen LogP) is 2.69. The normalized spacial score (nSPS) is 22.3. The Morgan fingerprint density at radius 1 is 1.19 bits per heavy atom. The molecule has 0 aliphatic heterocycles. The summed E-state index contributed by atoms with van der Waals surface area (Å²) in [6, 6.07) is 10.6. The molecule has 0 spiro atoms. The van der Waals surface area contributed by atoms with Crippen LogP contribution < -0.4 is 0 Å². The van der Waals surface area contributed by atoms with E-state index in [4.69, 9.17) is 0 Å². The monoisotopic (exact) mass is 211 g/mol. The number of carbonyl (C=O) groups excluding carboxylic acids is 1. The van der Waals surface area contributed by atoms with Crippen LogP contribution >= 0.6 is 0 Å². The van der Waals surface area contributed by atoms with E-state index in [1.165, 1.54) is 18.4 Å². The highest BCUT2D eigenvalue weighted by atomic mass is 16.1. The molecule has 0 saturated heterocycles. The van der Waals surface area contributed by atoms with Gasteiger partial charge in [0.2, 0.25) is 0 Å². The minimum absolute atomic E-state index is 0.202. The van der Waals surface area contributed by atoms with Crippen molar-refractivity contribution in [2.75, 3.05) is 0 Å². The molecule has 0 aromatic heterocycles. The molecular weight excluding hydrogens is 198 g/mol. The number of nitrogens with zero attached hydrogens (tertiary/aromatic N) is 1. The van der Waals surface area contributed by atoms with E-state index in [0.29, 0.717) is 12.8 Å². The second-order valence-corrected chi connectivity index (χ2v) is 4.98. The highest BCUT2D eigenvalue weighted by Crippen LogP contribution is 2.43. The van der Waals surface area contributed by atoms with Crippen LogP contribution in [0.5, 0.6) is 0 Å². The Morgan fingerprint density at radius 2 is 1.81 bits per heavy atom. The summed E-state index contributed by atoms with van der Waals surface area (Å²) in [5.74, 6) is 0.947. The van der Waals surface area contributed by atoms with Crippen LogP contribution in [0.3, 0.4) is 0 Å². The molecule has 2 heteroatoms. The van der Waals surface area contributed by atoms with E-state index in [9.17, 15) is 10.1 Å². The minimum atomic E-state index is -0.515. The third kappa shape index (κ3) is 1.36. The number of hydrogen-bond donors (Lipinski definition) is 0. The van der Waals surface area contributed by atoms with Gasteiger partial charge in [0.1, 0.15) is 5.78 Å². The van der Waals surface area contributed by atoms with Gasteiger partial charge in [0.15, 0.2) is 0 Å². The van der Waals surface area contributed by atoms with E-state index in [0.717, 1.165) is 11.5 Å². The highest BCUT2D eigenvalue weighted by molar-refractivity contribution is 5.90. The van der Waals surface area contributed by atoms with Gasteiger partial charge in [-0.25, -0.2) is 0 Å². The second kappa shape index (κ2) is 3.18. The van der Waals surface area contributed by atoms with Crippen molar-refractivity contribution in [1.29, 1.82) is 5.26 Å². The van der Waals surface area contributed by atoms with Crippen molar-refractivity contribution in [3.05, 3.63) is 35.4 Å². The van der Waals surface area contributed by atoms with Crippen molar-refractivity contribution >= 4 is 5.78 Å². The lowest BCUT2D eigenvalue weighted by Crippen LogP contribution is -2.40. The Bertz CT molecular complexity index is 468. The predicted molar refractivity (Wildman–Crippen MR) is 59.9 cm³/mol. The first-order chi connectivity index (χ1) is 7.73. The largest absolute Gasteiger partial charge is 0.300 e. The van der Waals surface area contributed by atoms with Gasteiger partial charge in [0.25, 0.3) is 0 Å². The number of nitriles is 1. The zero-order valence-corrected chi connectivity index (χ0v) is 9.07. The van der Waals surface area contributed by atoms with Crippen molar-refractivity contribution in [2.24, 2.45) is 0 Å². The summed E-state index contributed by atoms with van der Waals surface area (Å²) in [6.07, 6.45) is 3.38. The maximum absolute atomic E-state index is 11.1. The Kier molecular flexibility index (Phi) is 1.91. The average molecular weight is 211 g/mol. The van der Waals surface area contributed by atoms with Gasteiger partial charge in [-0.05, 0) is 29.9 Å². The van der Waals surface area contributed by atoms with Crippen molar-refractivity contribution in [3.8, 4) is 6.07 Å². The topological polar surface area (TPSA) is 40.9 Å². The lowest BCUT2D eigenvalue weighted by molar-refractivity contribution is -0.126. The molecule has 0 amide bonds. The summed E-state index contributed by atoms with van der Waals surface area (Å²) in [4.78, 5) is 11.1. The number of Topliss-reactive ketones (excluding diaryl/α,β-unsaturated/α-hetero) is 1. The van der Waals surface area contributed by atoms with E-state index in [1.807, 2.05) is 12.1 Å². The fraction of sp³-hybridized carbons (Fsp3) is 0.429. The maximum atomic E-state index is 11.1. The molecule has 0 N–H and O–H groups in total. The van der Waals surface area contributed by atoms with Gasteiger partial charge in [-0.3, -0.25) is 4.79 Å². The summed E-state index contributed by atoms with van der Waals surface area (Å²) in [5.41, 5.74) is 1.88. The molecular formula is C14H13NO. The van der Waals surface area contributed by atoms with Crippen LogP contribution in [0.2, 0.25) is 0 Å². The summed E-state index contributed by atoms with van der Waals surface area (Å²) in [5, 5.41) is 9.20. The van der Waals surface area contributed by atoms with Gasteiger partial charge in [-0.15, -0.1) is 0 Å². The minimum Gasteiger partial charge on any atom is -0.300 e. The second-order valence-electron chi connectivity index (χ2n) is 4.98. The van der Waals surface area contributed by atoms with Crippen LogP contribution in [0, 0.1) is 11.3 Å². The van der Waals surface area contributed by atoms with Crippen molar-refractivity contribution < 1.29 is 4.79 Å². The quantitative estimate of drug-likeness (QED) is 0.754.